The highest BCUT2D eigenvalue weighted by Gasteiger charge is 2.32. The summed E-state index contributed by atoms with van der Waals surface area (Å²) in [6, 6.07) is 2.98. The first-order valence-corrected chi connectivity index (χ1v) is 7.39. The second-order valence-electron chi connectivity index (χ2n) is 5.14. The maximum Gasteiger partial charge on any atom is 0.290 e. The number of aromatic nitrogens is 2. The molecule has 6 nitrogen and oxygen atoms in total. The average molecular weight is 310 g/mol. The highest BCUT2D eigenvalue weighted by atomic mass is 35.5. The third-order valence-corrected chi connectivity index (χ3v) is 3.84. The molecule has 1 saturated heterocycles. The number of likely N-dealkylation sites (tertiary alicyclic amines) is 1. The number of hydrogen-bond donors (Lipinski definition) is 0. The van der Waals surface area contributed by atoms with Crippen molar-refractivity contribution in [3.63, 3.8) is 0 Å². The van der Waals surface area contributed by atoms with Gasteiger partial charge in [-0.05, 0) is 36.6 Å². The van der Waals surface area contributed by atoms with Gasteiger partial charge in [0.2, 0.25) is 5.89 Å². The van der Waals surface area contributed by atoms with Gasteiger partial charge < -0.3 is 13.8 Å². The molecule has 1 aliphatic heterocycles. The molecule has 0 aliphatic carbocycles. The zero-order valence-corrected chi connectivity index (χ0v) is 12.5. The van der Waals surface area contributed by atoms with Gasteiger partial charge in [0.25, 0.3) is 5.91 Å². The van der Waals surface area contributed by atoms with E-state index in [0.29, 0.717) is 18.3 Å². The first kappa shape index (κ1) is 14.1. The van der Waals surface area contributed by atoms with Crippen LogP contribution in [0.15, 0.2) is 21.1 Å². The van der Waals surface area contributed by atoms with Gasteiger partial charge in [-0.25, -0.2) is 0 Å². The summed E-state index contributed by atoms with van der Waals surface area (Å²) in [6.45, 7) is 2.39. The predicted octanol–water partition coefficient (Wildman–Crippen LogP) is 3.38. The maximum atomic E-state index is 12.6. The third-order valence-electron chi connectivity index (χ3n) is 3.64. The lowest BCUT2D eigenvalue weighted by molar-refractivity contribution is 0.0638. The normalized spacial score (nSPS) is 19.5. The van der Waals surface area contributed by atoms with E-state index < -0.39 is 0 Å². The van der Waals surface area contributed by atoms with Crippen molar-refractivity contribution in [1.82, 2.24) is 15.0 Å². The molecule has 0 saturated carbocycles. The number of aryl methyl sites for hydroxylation is 1. The fourth-order valence-electron chi connectivity index (χ4n) is 2.64. The summed E-state index contributed by atoms with van der Waals surface area (Å²) in [4.78, 5) is 18.7. The van der Waals surface area contributed by atoms with E-state index in [4.69, 9.17) is 20.5 Å². The van der Waals surface area contributed by atoms with E-state index in [1.807, 2.05) is 0 Å². The smallest absolute Gasteiger partial charge is 0.290 e. The Hall–Kier alpha value is -1.82. The molecule has 2 aromatic rings. The molecule has 0 aromatic carbocycles. The number of furan rings is 1. The molecule has 0 spiro atoms. The van der Waals surface area contributed by atoms with Crippen molar-refractivity contribution in [3.8, 4) is 0 Å². The van der Waals surface area contributed by atoms with Crippen LogP contribution in [0.3, 0.4) is 0 Å². The Balaban J connectivity index is 1.90. The Kier molecular flexibility index (Phi) is 3.96. The number of halogens is 1. The summed E-state index contributed by atoms with van der Waals surface area (Å²) in [6.07, 6.45) is 3.88. The fraction of sp³-hybridized carbons (Fsp3) is 0.500. The van der Waals surface area contributed by atoms with Crippen LogP contribution in [-0.4, -0.2) is 27.5 Å². The van der Waals surface area contributed by atoms with Crippen LogP contribution in [0.2, 0.25) is 5.22 Å². The number of hydrogen-bond acceptors (Lipinski definition) is 5. The van der Waals surface area contributed by atoms with Gasteiger partial charge in [-0.1, -0.05) is 18.0 Å². The van der Waals surface area contributed by atoms with Crippen LogP contribution in [0.5, 0.6) is 0 Å². The number of nitrogens with zero attached hydrogens (tertiary/aromatic N) is 3. The molecular weight excluding hydrogens is 294 g/mol. The van der Waals surface area contributed by atoms with Crippen LogP contribution in [0.25, 0.3) is 0 Å². The van der Waals surface area contributed by atoms with E-state index in [0.717, 1.165) is 25.7 Å². The summed E-state index contributed by atoms with van der Waals surface area (Å²) in [5.41, 5.74) is 0. The fourth-order valence-corrected chi connectivity index (χ4v) is 2.79. The molecule has 7 heteroatoms. The van der Waals surface area contributed by atoms with Gasteiger partial charge in [-0.15, -0.1) is 0 Å². The molecule has 1 amide bonds. The molecule has 0 radical (unpaired) electrons. The van der Waals surface area contributed by atoms with Crippen molar-refractivity contribution >= 4 is 17.5 Å². The molecule has 0 bridgehead atoms. The molecule has 0 N–H and O–H groups in total. The van der Waals surface area contributed by atoms with Crippen molar-refractivity contribution in [3.05, 3.63) is 34.8 Å². The van der Waals surface area contributed by atoms with Crippen LogP contribution < -0.4 is 0 Å². The monoisotopic (exact) mass is 309 g/mol. The molecule has 2 aromatic heterocycles. The molecule has 1 atom stereocenters. The van der Waals surface area contributed by atoms with E-state index in [-0.39, 0.29) is 22.9 Å². The van der Waals surface area contributed by atoms with Crippen molar-refractivity contribution < 1.29 is 13.7 Å². The standard InChI is InChI=1S/C14H16ClN3O3/c1-9-16-13(17-21-9)10-5-3-2-4-8-18(10)14(19)11-6-7-12(15)20-11/h6-7,10H,2-5,8H2,1H3/t10-/m0/s1. The van der Waals surface area contributed by atoms with Gasteiger partial charge >= 0.3 is 0 Å². The van der Waals surface area contributed by atoms with Crippen LogP contribution >= 0.6 is 11.6 Å². The summed E-state index contributed by atoms with van der Waals surface area (Å²) in [7, 11) is 0. The lowest BCUT2D eigenvalue weighted by atomic mass is 10.1. The first-order valence-electron chi connectivity index (χ1n) is 7.01. The number of carbonyl (C=O) groups excluding carboxylic acids is 1. The van der Waals surface area contributed by atoms with E-state index in [1.54, 1.807) is 24.0 Å². The van der Waals surface area contributed by atoms with Crippen LogP contribution in [0.4, 0.5) is 0 Å². The lowest BCUT2D eigenvalue weighted by Crippen LogP contribution is -2.35. The van der Waals surface area contributed by atoms with Gasteiger partial charge in [0.05, 0.1) is 6.04 Å². The second-order valence-corrected chi connectivity index (χ2v) is 5.51. The quantitative estimate of drug-likeness (QED) is 0.850. The Labute approximate surface area is 127 Å². The summed E-state index contributed by atoms with van der Waals surface area (Å²) >= 11 is 5.76. The topological polar surface area (TPSA) is 72.4 Å². The highest BCUT2D eigenvalue weighted by molar-refractivity contribution is 6.29. The molecule has 3 rings (SSSR count). The van der Waals surface area contributed by atoms with Crippen LogP contribution in [0.1, 0.15) is 54.0 Å². The molecule has 0 unspecified atom stereocenters. The van der Waals surface area contributed by atoms with Gasteiger partial charge in [-0.2, -0.15) is 4.98 Å². The molecule has 21 heavy (non-hydrogen) atoms. The third kappa shape index (κ3) is 2.95. The minimum Gasteiger partial charge on any atom is -0.440 e. The Bertz CT molecular complexity index is 637. The van der Waals surface area contributed by atoms with E-state index in [9.17, 15) is 4.79 Å². The number of amides is 1. The molecular formula is C14H16ClN3O3. The Morgan fingerprint density at radius 1 is 1.38 bits per heavy atom. The zero-order valence-electron chi connectivity index (χ0n) is 11.7. The average Bonchev–Trinajstić information content (AvgIpc) is 3.00. The Morgan fingerprint density at radius 2 is 2.24 bits per heavy atom. The lowest BCUT2D eigenvalue weighted by Gasteiger charge is -2.26. The SMILES string of the molecule is Cc1nc([C@@H]2CCCCCN2C(=O)c2ccc(Cl)o2)no1. The van der Waals surface area contributed by atoms with Gasteiger partial charge in [0.15, 0.2) is 16.8 Å². The largest absolute Gasteiger partial charge is 0.440 e. The number of carbonyl (C=O) groups is 1. The first-order chi connectivity index (χ1) is 10.1. The predicted molar refractivity (Wildman–Crippen MR) is 75.0 cm³/mol. The van der Waals surface area contributed by atoms with Crippen molar-refractivity contribution in [2.45, 2.75) is 38.6 Å². The summed E-state index contributed by atoms with van der Waals surface area (Å²) in [5.74, 6) is 1.12. The van der Waals surface area contributed by atoms with Gasteiger partial charge in [0.1, 0.15) is 0 Å². The van der Waals surface area contributed by atoms with Crippen LogP contribution in [-0.2, 0) is 0 Å². The summed E-state index contributed by atoms with van der Waals surface area (Å²) in [5, 5.41) is 4.18. The molecule has 112 valence electrons. The van der Waals surface area contributed by atoms with Gasteiger partial charge in [0, 0.05) is 13.5 Å². The minimum absolute atomic E-state index is 0.179. The molecule has 3 heterocycles. The molecule has 1 aliphatic rings. The second kappa shape index (κ2) is 5.89. The van der Waals surface area contributed by atoms with Crippen molar-refractivity contribution in [2.75, 3.05) is 6.54 Å². The van der Waals surface area contributed by atoms with Crippen molar-refractivity contribution in [1.29, 1.82) is 0 Å². The van der Waals surface area contributed by atoms with Crippen molar-refractivity contribution in [2.24, 2.45) is 0 Å². The zero-order chi connectivity index (χ0) is 14.8. The maximum absolute atomic E-state index is 12.6. The highest BCUT2D eigenvalue weighted by Crippen LogP contribution is 2.30. The Morgan fingerprint density at radius 3 is 2.90 bits per heavy atom. The molecule has 1 fully saturated rings. The van der Waals surface area contributed by atoms with E-state index in [2.05, 4.69) is 10.1 Å². The summed E-state index contributed by atoms with van der Waals surface area (Å²) < 4.78 is 10.3. The van der Waals surface area contributed by atoms with Crippen LogP contribution in [0, 0.1) is 6.92 Å². The minimum atomic E-state index is -0.184. The number of rotatable bonds is 2. The van der Waals surface area contributed by atoms with Gasteiger partial charge in [-0.3, -0.25) is 4.79 Å². The van der Waals surface area contributed by atoms with E-state index >= 15 is 0 Å². The van der Waals surface area contributed by atoms with E-state index in [1.165, 1.54) is 0 Å².